The molecule has 0 saturated carbocycles. The predicted octanol–water partition coefficient (Wildman–Crippen LogP) is 5.63. The van der Waals surface area contributed by atoms with Gasteiger partial charge in [-0.25, -0.2) is 0 Å². The normalized spacial score (nSPS) is 10.7. The van der Waals surface area contributed by atoms with Gasteiger partial charge in [-0.05, 0) is 37.8 Å². The Morgan fingerprint density at radius 3 is 1.97 bits per heavy atom. The van der Waals surface area contributed by atoms with Crippen LogP contribution >= 0.6 is 0 Å². The van der Waals surface area contributed by atoms with Crippen molar-refractivity contribution in [1.82, 2.24) is 5.32 Å². The summed E-state index contributed by atoms with van der Waals surface area (Å²) in [5.41, 5.74) is 1.78. The fraction of sp³-hybridized carbons (Fsp3) is 0.679. The quantitative estimate of drug-likeness (QED) is 0.174. The van der Waals surface area contributed by atoms with Gasteiger partial charge in [-0.1, -0.05) is 70.6 Å². The van der Waals surface area contributed by atoms with Crippen molar-refractivity contribution in [3.05, 3.63) is 28.8 Å². The van der Waals surface area contributed by atoms with Crippen molar-refractivity contribution in [3.63, 3.8) is 0 Å². The van der Waals surface area contributed by atoms with Gasteiger partial charge in [0.2, 0.25) is 5.91 Å². The molecule has 5 heteroatoms. The molecule has 0 aliphatic heterocycles. The van der Waals surface area contributed by atoms with E-state index in [2.05, 4.69) is 18.2 Å². The maximum Gasteiger partial charge on any atom is 0.219 e. The first-order valence-electron chi connectivity index (χ1n) is 12.9. The van der Waals surface area contributed by atoms with Gasteiger partial charge >= 0.3 is 0 Å². The number of carbonyl (C=O) groups excluding carboxylic acids is 1. The molecule has 0 fully saturated rings. The molecule has 0 radical (unpaired) electrons. The van der Waals surface area contributed by atoms with Crippen LogP contribution in [0.3, 0.4) is 0 Å². The molecule has 0 heterocycles. The van der Waals surface area contributed by atoms with E-state index in [9.17, 15) is 15.0 Å². The first kappa shape index (κ1) is 29.0. The SMILES string of the molecule is C#Cc1cc(CO)c(OCCCCCC(=O)NCCCCCCCCCCCC)c(CO)c1. The molecule has 0 unspecified atom stereocenters. The minimum Gasteiger partial charge on any atom is -0.493 e. The van der Waals surface area contributed by atoms with Crippen LogP contribution in [0.25, 0.3) is 0 Å². The van der Waals surface area contributed by atoms with Crippen LogP contribution in [-0.4, -0.2) is 29.3 Å². The van der Waals surface area contributed by atoms with Crippen molar-refractivity contribution >= 4 is 5.91 Å². The number of unbranched alkanes of at least 4 members (excludes halogenated alkanes) is 11. The Hall–Kier alpha value is -2.03. The first-order valence-corrected chi connectivity index (χ1v) is 12.9. The van der Waals surface area contributed by atoms with E-state index in [1.54, 1.807) is 12.1 Å². The summed E-state index contributed by atoms with van der Waals surface area (Å²) in [6.07, 6.45) is 21.5. The van der Waals surface area contributed by atoms with Crippen LogP contribution in [0.1, 0.15) is 114 Å². The average molecular weight is 460 g/mol. The lowest BCUT2D eigenvalue weighted by molar-refractivity contribution is -0.121. The molecular weight excluding hydrogens is 414 g/mol. The maximum atomic E-state index is 12.0. The third-order valence-electron chi connectivity index (χ3n) is 5.90. The summed E-state index contributed by atoms with van der Waals surface area (Å²) in [6.45, 7) is 3.10. The zero-order valence-electron chi connectivity index (χ0n) is 20.7. The van der Waals surface area contributed by atoms with Crippen LogP contribution in [-0.2, 0) is 18.0 Å². The van der Waals surface area contributed by atoms with Gasteiger partial charge in [-0.15, -0.1) is 6.42 Å². The van der Waals surface area contributed by atoms with Gasteiger partial charge in [0.05, 0.1) is 19.8 Å². The molecule has 5 nitrogen and oxygen atoms in total. The highest BCUT2D eigenvalue weighted by Crippen LogP contribution is 2.27. The number of benzene rings is 1. The van der Waals surface area contributed by atoms with Crippen molar-refractivity contribution < 1.29 is 19.7 Å². The van der Waals surface area contributed by atoms with Gasteiger partial charge in [0.15, 0.2) is 0 Å². The van der Waals surface area contributed by atoms with E-state index in [1.807, 2.05) is 0 Å². The number of ether oxygens (including phenoxy) is 1. The molecule has 0 bridgehead atoms. The number of aliphatic hydroxyl groups is 2. The summed E-state index contributed by atoms with van der Waals surface area (Å²) in [5.74, 6) is 3.15. The third-order valence-corrected chi connectivity index (χ3v) is 5.90. The van der Waals surface area contributed by atoms with Gasteiger partial charge in [0, 0.05) is 29.7 Å². The van der Waals surface area contributed by atoms with E-state index in [0.29, 0.717) is 35.5 Å². The molecule has 1 aromatic carbocycles. The molecule has 1 rings (SSSR count). The zero-order valence-corrected chi connectivity index (χ0v) is 20.7. The molecule has 0 spiro atoms. The summed E-state index contributed by atoms with van der Waals surface area (Å²) in [7, 11) is 0. The van der Waals surface area contributed by atoms with E-state index < -0.39 is 0 Å². The van der Waals surface area contributed by atoms with Crippen molar-refractivity contribution in [1.29, 1.82) is 0 Å². The summed E-state index contributed by atoms with van der Waals surface area (Å²) >= 11 is 0. The molecule has 0 atom stereocenters. The Labute approximate surface area is 201 Å². The predicted molar refractivity (Wildman–Crippen MR) is 135 cm³/mol. The van der Waals surface area contributed by atoms with E-state index in [4.69, 9.17) is 11.2 Å². The van der Waals surface area contributed by atoms with E-state index >= 15 is 0 Å². The minimum absolute atomic E-state index is 0.127. The molecule has 0 aliphatic carbocycles. The number of terminal acetylenes is 1. The number of nitrogens with one attached hydrogen (secondary N) is 1. The third kappa shape index (κ3) is 13.3. The van der Waals surface area contributed by atoms with Gasteiger partial charge < -0.3 is 20.3 Å². The van der Waals surface area contributed by atoms with E-state index in [0.717, 1.165) is 32.2 Å². The van der Waals surface area contributed by atoms with Crippen LogP contribution in [0.4, 0.5) is 0 Å². The second kappa shape index (κ2) is 19.4. The minimum atomic E-state index is -0.197. The van der Waals surface area contributed by atoms with Crippen LogP contribution in [0.2, 0.25) is 0 Å². The maximum absolute atomic E-state index is 12.0. The Bertz CT molecular complexity index is 671. The van der Waals surface area contributed by atoms with Crippen molar-refractivity contribution in [2.24, 2.45) is 0 Å². The molecule has 33 heavy (non-hydrogen) atoms. The molecule has 3 N–H and O–H groups in total. The number of aliphatic hydroxyl groups excluding tert-OH is 2. The monoisotopic (exact) mass is 459 g/mol. The lowest BCUT2D eigenvalue weighted by Gasteiger charge is -2.15. The number of carbonyl (C=O) groups is 1. The Morgan fingerprint density at radius 2 is 1.42 bits per heavy atom. The summed E-state index contributed by atoms with van der Waals surface area (Å²) in [5, 5.41) is 22.2. The lowest BCUT2D eigenvalue weighted by atomic mass is 10.0. The zero-order chi connectivity index (χ0) is 24.2. The highest BCUT2D eigenvalue weighted by molar-refractivity contribution is 5.75. The summed E-state index contributed by atoms with van der Waals surface area (Å²) < 4.78 is 5.81. The van der Waals surface area contributed by atoms with E-state index in [-0.39, 0.29) is 19.1 Å². The second-order valence-corrected chi connectivity index (χ2v) is 8.78. The largest absolute Gasteiger partial charge is 0.493 e. The van der Waals surface area contributed by atoms with Gasteiger partial charge in [0.25, 0.3) is 0 Å². The smallest absolute Gasteiger partial charge is 0.219 e. The first-order chi connectivity index (χ1) is 16.2. The lowest BCUT2D eigenvalue weighted by Crippen LogP contribution is -2.24. The van der Waals surface area contributed by atoms with Gasteiger partial charge in [0.1, 0.15) is 5.75 Å². The Balaban J connectivity index is 2.05. The Kier molecular flexibility index (Phi) is 17.1. The number of rotatable bonds is 20. The molecule has 0 aromatic heterocycles. The number of amides is 1. The van der Waals surface area contributed by atoms with Crippen molar-refractivity contribution in [2.75, 3.05) is 13.2 Å². The van der Waals surface area contributed by atoms with Crippen LogP contribution < -0.4 is 10.1 Å². The summed E-state index contributed by atoms with van der Waals surface area (Å²) in [6, 6.07) is 3.40. The molecule has 0 aliphatic rings. The Morgan fingerprint density at radius 1 is 0.879 bits per heavy atom. The topological polar surface area (TPSA) is 78.8 Å². The van der Waals surface area contributed by atoms with Crippen molar-refractivity contribution in [2.45, 2.75) is 110 Å². The second-order valence-electron chi connectivity index (χ2n) is 8.78. The molecule has 186 valence electrons. The fourth-order valence-electron chi connectivity index (χ4n) is 3.93. The van der Waals surface area contributed by atoms with Crippen LogP contribution in [0.15, 0.2) is 12.1 Å². The van der Waals surface area contributed by atoms with Crippen LogP contribution in [0, 0.1) is 12.3 Å². The molecule has 1 aromatic rings. The van der Waals surface area contributed by atoms with Gasteiger partial charge in [-0.3, -0.25) is 4.79 Å². The van der Waals surface area contributed by atoms with Crippen LogP contribution in [0.5, 0.6) is 5.75 Å². The van der Waals surface area contributed by atoms with E-state index in [1.165, 1.54) is 57.8 Å². The molecule has 0 saturated heterocycles. The standard InChI is InChI=1S/C28H45NO4/c1-3-5-6-7-8-9-10-11-12-15-18-29-27(32)17-14-13-16-19-33-28-25(22-30)20-24(4-2)21-26(28)23-31/h2,20-21,30-31H,3,5-19,22-23H2,1H3,(H,29,32). The molecule has 1 amide bonds. The molecular formula is C28H45NO4. The number of hydrogen-bond acceptors (Lipinski definition) is 4. The van der Waals surface area contributed by atoms with Crippen molar-refractivity contribution in [3.8, 4) is 18.1 Å². The summed E-state index contributed by atoms with van der Waals surface area (Å²) in [4.78, 5) is 12.0. The number of hydrogen-bond donors (Lipinski definition) is 3. The van der Waals surface area contributed by atoms with Gasteiger partial charge in [-0.2, -0.15) is 0 Å². The fourth-order valence-corrected chi connectivity index (χ4v) is 3.93. The highest BCUT2D eigenvalue weighted by Gasteiger charge is 2.11. The highest BCUT2D eigenvalue weighted by atomic mass is 16.5. The average Bonchev–Trinajstić information content (AvgIpc) is 2.84.